The molecule has 0 atom stereocenters. The molecule has 1 aromatic heterocycles. The van der Waals surface area contributed by atoms with Gasteiger partial charge >= 0.3 is 0 Å². The lowest BCUT2D eigenvalue weighted by Gasteiger charge is -2.13. The van der Waals surface area contributed by atoms with Crippen LogP contribution in [0.3, 0.4) is 0 Å². The second kappa shape index (κ2) is 8.67. The average Bonchev–Trinajstić information content (AvgIpc) is 3.15. The number of methoxy groups -OCH3 is 1. The number of fused-ring (bicyclic) bond motifs is 3. The van der Waals surface area contributed by atoms with Gasteiger partial charge in [-0.2, -0.15) is 5.26 Å². The molecule has 31 heavy (non-hydrogen) atoms. The number of carbonyl (C=O) groups excluding carboxylic acids is 1. The van der Waals surface area contributed by atoms with Gasteiger partial charge in [-0.15, -0.1) is 0 Å². The number of hydrogen-bond acceptors (Lipinski definition) is 6. The van der Waals surface area contributed by atoms with Gasteiger partial charge in [0.25, 0.3) is 5.91 Å². The summed E-state index contributed by atoms with van der Waals surface area (Å²) in [5.41, 5.74) is 2.33. The van der Waals surface area contributed by atoms with Crippen molar-refractivity contribution < 1.29 is 23.4 Å². The van der Waals surface area contributed by atoms with Gasteiger partial charge in [0, 0.05) is 22.9 Å². The van der Waals surface area contributed by atoms with Crippen LogP contribution >= 0.6 is 0 Å². The van der Waals surface area contributed by atoms with Crippen LogP contribution in [0.4, 0.5) is 5.69 Å². The predicted octanol–water partition coefficient (Wildman–Crippen LogP) is 4.88. The number of ether oxygens (including phenoxy) is 3. The lowest BCUT2D eigenvalue weighted by Crippen LogP contribution is -2.20. The minimum atomic E-state index is -0.374. The fourth-order valence-corrected chi connectivity index (χ4v) is 3.31. The van der Waals surface area contributed by atoms with Gasteiger partial charge < -0.3 is 23.9 Å². The number of benzene rings is 3. The number of hydrogen-bond donors (Lipinski definition) is 1. The van der Waals surface area contributed by atoms with Gasteiger partial charge in [-0.25, -0.2) is 0 Å². The van der Waals surface area contributed by atoms with Crippen molar-refractivity contribution >= 4 is 33.5 Å². The monoisotopic (exact) mass is 416 g/mol. The Morgan fingerprint density at radius 3 is 2.61 bits per heavy atom. The van der Waals surface area contributed by atoms with Gasteiger partial charge in [0.05, 0.1) is 31.0 Å². The number of rotatable bonds is 7. The Bertz CT molecular complexity index is 1300. The zero-order valence-corrected chi connectivity index (χ0v) is 17.1. The number of anilines is 1. The first kappa shape index (κ1) is 20.1. The summed E-state index contributed by atoms with van der Waals surface area (Å²) in [6, 6.07) is 18.1. The lowest BCUT2D eigenvalue weighted by atomic mass is 10.1. The van der Waals surface area contributed by atoms with E-state index in [1.807, 2.05) is 43.3 Å². The van der Waals surface area contributed by atoms with E-state index in [9.17, 15) is 4.79 Å². The second-order valence-electron chi connectivity index (χ2n) is 6.69. The summed E-state index contributed by atoms with van der Waals surface area (Å²) in [7, 11) is 1.54. The fraction of sp³-hybridized carbons (Fsp3) is 0.167. The second-order valence-corrected chi connectivity index (χ2v) is 6.69. The minimum Gasteiger partial charge on any atom is -0.495 e. The van der Waals surface area contributed by atoms with E-state index >= 15 is 0 Å². The molecule has 1 amide bonds. The van der Waals surface area contributed by atoms with Crippen molar-refractivity contribution in [3.8, 4) is 23.3 Å². The smallest absolute Gasteiger partial charge is 0.262 e. The number of nitrogens with zero attached hydrogens (tertiary/aromatic N) is 1. The van der Waals surface area contributed by atoms with E-state index in [2.05, 4.69) is 5.32 Å². The topological polar surface area (TPSA) is 93.7 Å². The lowest BCUT2D eigenvalue weighted by molar-refractivity contribution is -0.118. The zero-order valence-electron chi connectivity index (χ0n) is 17.1. The first-order valence-electron chi connectivity index (χ1n) is 9.71. The third-order valence-corrected chi connectivity index (χ3v) is 4.70. The molecule has 0 unspecified atom stereocenters. The largest absolute Gasteiger partial charge is 0.495 e. The molecular weight excluding hydrogens is 396 g/mol. The molecule has 0 spiro atoms. The van der Waals surface area contributed by atoms with Gasteiger partial charge in [0.15, 0.2) is 18.1 Å². The molecule has 4 aromatic rings. The Balaban J connectivity index is 1.53. The Kier molecular flexibility index (Phi) is 5.63. The van der Waals surface area contributed by atoms with Gasteiger partial charge in [-0.3, -0.25) is 4.79 Å². The number of furan rings is 1. The van der Waals surface area contributed by atoms with Crippen LogP contribution in [0.15, 0.2) is 59.0 Å². The van der Waals surface area contributed by atoms with E-state index in [4.69, 9.17) is 23.9 Å². The van der Waals surface area contributed by atoms with Gasteiger partial charge in [-0.1, -0.05) is 18.2 Å². The van der Waals surface area contributed by atoms with Crippen LogP contribution in [0.25, 0.3) is 21.9 Å². The van der Waals surface area contributed by atoms with Crippen LogP contribution in [-0.4, -0.2) is 26.2 Å². The van der Waals surface area contributed by atoms with Crippen molar-refractivity contribution in [2.75, 3.05) is 25.6 Å². The Morgan fingerprint density at radius 2 is 1.84 bits per heavy atom. The van der Waals surface area contributed by atoms with E-state index in [0.29, 0.717) is 40.7 Å². The van der Waals surface area contributed by atoms with E-state index < -0.39 is 0 Å². The third-order valence-electron chi connectivity index (χ3n) is 4.70. The molecular formula is C24H20N2O5. The fourth-order valence-electron chi connectivity index (χ4n) is 3.31. The van der Waals surface area contributed by atoms with Crippen LogP contribution in [-0.2, 0) is 4.79 Å². The molecule has 0 bridgehead atoms. The van der Waals surface area contributed by atoms with Crippen molar-refractivity contribution in [1.82, 2.24) is 0 Å². The highest BCUT2D eigenvalue weighted by atomic mass is 16.5. The highest BCUT2D eigenvalue weighted by Gasteiger charge is 2.15. The maximum atomic E-state index is 12.5. The molecule has 3 aromatic carbocycles. The molecule has 0 aliphatic rings. The molecule has 0 saturated heterocycles. The Morgan fingerprint density at radius 1 is 1.00 bits per heavy atom. The summed E-state index contributed by atoms with van der Waals surface area (Å²) in [6.45, 7) is 2.00. The average molecular weight is 416 g/mol. The predicted molar refractivity (Wildman–Crippen MR) is 117 cm³/mol. The van der Waals surface area contributed by atoms with E-state index in [1.165, 1.54) is 0 Å². The third kappa shape index (κ3) is 4.09. The van der Waals surface area contributed by atoms with Crippen LogP contribution < -0.4 is 19.5 Å². The molecule has 0 aliphatic heterocycles. The molecule has 4 rings (SSSR count). The maximum absolute atomic E-state index is 12.5. The van der Waals surface area contributed by atoms with Crippen molar-refractivity contribution in [3.05, 3.63) is 60.2 Å². The molecule has 1 heterocycles. The number of amides is 1. The summed E-state index contributed by atoms with van der Waals surface area (Å²) < 4.78 is 22.5. The Labute approximate surface area is 178 Å². The normalized spacial score (nSPS) is 10.6. The number of carbonyl (C=O) groups is 1. The van der Waals surface area contributed by atoms with E-state index in [0.717, 1.165) is 16.4 Å². The summed E-state index contributed by atoms with van der Waals surface area (Å²) in [5, 5.41) is 13.7. The first-order valence-corrected chi connectivity index (χ1v) is 9.71. The molecule has 0 aliphatic carbocycles. The molecule has 156 valence electrons. The number of nitriles is 1. The summed E-state index contributed by atoms with van der Waals surface area (Å²) in [5.74, 6) is 0.938. The number of para-hydroxylation sites is 1. The minimum absolute atomic E-state index is 0.243. The highest BCUT2D eigenvalue weighted by molar-refractivity contribution is 6.07. The Hall–Kier alpha value is -4.18. The zero-order chi connectivity index (χ0) is 21.8. The molecule has 7 nitrogen and oxygen atoms in total. The van der Waals surface area contributed by atoms with Gasteiger partial charge in [0.2, 0.25) is 0 Å². The SMILES string of the molecule is CCOc1cc(C#N)ccc1OCC(=O)Nc1cc2oc3ccccc3c2cc1OC. The van der Waals surface area contributed by atoms with E-state index in [-0.39, 0.29) is 12.5 Å². The quantitative estimate of drug-likeness (QED) is 0.461. The maximum Gasteiger partial charge on any atom is 0.262 e. The van der Waals surface area contributed by atoms with Crippen LogP contribution in [0, 0.1) is 11.3 Å². The number of nitrogens with one attached hydrogen (secondary N) is 1. The van der Waals surface area contributed by atoms with Gasteiger partial charge in [0.1, 0.15) is 16.9 Å². The molecule has 7 heteroatoms. The standard InChI is InChI=1S/C24H20N2O5/c1-3-29-23-10-15(13-25)8-9-20(23)30-14-24(27)26-18-12-21-17(11-22(18)28-2)16-6-4-5-7-19(16)31-21/h4-12H,3,14H2,1-2H3,(H,26,27). The van der Waals surface area contributed by atoms with Crippen molar-refractivity contribution in [2.45, 2.75) is 6.92 Å². The molecule has 0 saturated carbocycles. The van der Waals surface area contributed by atoms with Crippen molar-refractivity contribution in [3.63, 3.8) is 0 Å². The highest BCUT2D eigenvalue weighted by Crippen LogP contribution is 2.36. The molecule has 0 radical (unpaired) electrons. The van der Waals surface area contributed by atoms with E-state index in [1.54, 1.807) is 31.4 Å². The van der Waals surface area contributed by atoms with Crippen LogP contribution in [0.2, 0.25) is 0 Å². The van der Waals surface area contributed by atoms with Crippen LogP contribution in [0.1, 0.15) is 12.5 Å². The van der Waals surface area contributed by atoms with Crippen molar-refractivity contribution in [1.29, 1.82) is 5.26 Å². The summed E-state index contributed by atoms with van der Waals surface area (Å²) >= 11 is 0. The first-order chi connectivity index (χ1) is 15.1. The van der Waals surface area contributed by atoms with Gasteiger partial charge in [-0.05, 0) is 31.2 Å². The molecule has 1 N–H and O–H groups in total. The summed E-state index contributed by atoms with van der Waals surface area (Å²) in [6.07, 6.45) is 0. The summed E-state index contributed by atoms with van der Waals surface area (Å²) in [4.78, 5) is 12.5. The van der Waals surface area contributed by atoms with Crippen molar-refractivity contribution in [2.24, 2.45) is 0 Å². The molecule has 0 fully saturated rings. The van der Waals surface area contributed by atoms with Crippen LogP contribution in [0.5, 0.6) is 17.2 Å².